The summed E-state index contributed by atoms with van der Waals surface area (Å²) in [6, 6.07) is 10.5. The third kappa shape index (κ3) is 3.35. The quantitative estimate of drug-likeness (QED) is 0.622. The van der Waals surface area contributed by atoms with Crippen molar-refractivity contribution in [1.82, 2.24) is 9.97 Å². The van der Waals surface area contributed by atoms with Crippen molar-refractivity contribution in [2.45, 2.75) is 10.1 Å². The van der Waals surface area contributed by atoms with Gasteiger partial charge in [-0.2, -0.15) is 15.8 Å². The van der Waals surface area contributed by atoms with Gasteiger partial charge in [0, 0.05) is 5.69 Å². The maximum atomic E-state index is 12.9. The predicted octanol–water partition coefficient (Wildman–Crippen LogP) is 2.93. The van der Waals surface area contributed by atoms with Gasteiger partial charge >= 0.3 is 0 Å². The van der Waals surface area contributed by atoms with Gasteiger partial charge in [0.25, 0.3) is 5.91 Å². The smallest absolute Gasteiger partial charge is 0.268 e. The Labute approximate surface area is 155 Å². The van der Waals surface area contributed by atoms with Gasteiger partial charge in [0.15, 0.2) is 11.4 Å². The molecule has 0 bridgehead atoms. The van der Waals surface area contributed by atoms with Crippen molar-refractivity contribution in [2.24, 2.45) is 0 Å². The fourth-order valence-electron chi connectivity index (χ4n) is 1.91. The molecule has 0 saturated carbocycles. The van der Waals surface area contributed by atoms with Crippen LogP contribution in [0.1, 0.15) is 11.4 Å². The molecule has 0 atom stereocenters. The second-order valence-corrected chi connectivity index (χ2v) is 6.95. The van der Waals surface area contributed by atoms with Crippen LogP contribution in [-0.2, 0) is 4.79 Å². The number of benzene rings is 1. The molecule has 1 N–H and O–H groups in total. The molecule has 0 aliphatic carbocycles. The van der Waals surface area contributed by atoms with E-state index in [1.807, 2.05) is 6.07 Å². The first-order valence-electron chi connectivity index (χ1n) is 6.85. The van der Waals surface area contributed by atoms with E-state index in [-0.39, 0.29) is 17.0 Å². The van der Waals surface area contributed by atoms with Gasteiger partial charge in [-0.3, -0.25) is 4.79 Å². The Morgan fingerprint density at radius 3 is 2.00 bits per heavy atom. The monoisotopic (exact) mass is 380 g/mol. The van der Waals surface area contributed by atoms with Gasteiger partial charge in [0.1, 0.15) is 39.6 Å². The van der Waals surface area contributed by atoms with E-state index in [9.17, 15) is 14.4 Å². The molecule has 2 heterocycles. The van der Waals surface area contributed by atoms with Crippen LogP contribution in [0.15, 0.2) is 44.1 Å². The molecule has 1 aromatic heterocycles. The van der Waals surface area contributed by atoms with Gasteiger partial charge in [-0.15, -0.1) is 0 Å². The number of nitrogens with one attached hydrogen (secondary N) is 1. The number of thioether (sulfide) groups is 2. The first kappa shape index (κ1) is 17.4. The minimum absolute atomic E-state index is 0.116. The van der Waals surface area contributed by atoms with Crippen LogP contribution >= 0.6 is 23.5 Å². The predicted molar refractivity (Wildman–Crippen MR) is 90.8 cm³/mol. The topological polar surface area (TPSA) is 126 Å². The van der Waals surface area contributed by atoms with Crippen LogP contribution in [0.2, 0.25) is 0 Å². The minimum atomic E-state index is -0.664. The lowest BCUT2D eigenvalue weighted by Gasteiger charge is -2.05. The standard InChI is InChI=1S/C16H5FN6OS2/c17-8-1-3-9(4-2-8)21-13(24)10(5-18)16-25-14-15(26-16)23-12(7-20)11(6-19)22-14/h1-4H,(H,21,24). The molecule has 1 amide bonds. The first-order valence-corrected chi connectivity index (χ1v) is 8.48. The van der Waals surface area contributed by atoms with Crippen LogP contribution in [0.3, 0.4) is 0 Å². The number of anilines is 1. The number of aromatic nitrogens is 2. The van der Waals surface area contributed by atoms with E-state index in [2.05, 4.69) is 15.3 Å². The highest BCUT2D eigenvalue weighted by atomic mass is 32.2. The van der Waals surface area contributed by atoms with Crippen LogP contribution < -0.4 is 5.32 Å². The van der Waals surface area contributed by atoms with Crippen LogP contribution in [0.25, 0.3) is 0 Å². The molecule has 3 rings (SSSR count). The normalized spacial score (nSPS) is 11.7. The van der Waals surface area contributed by atoms with Gasteiger partial charge in [-0.1, -0.05) is 23.5 Å². The molecule has 0 spiro atoms. The summed E-state index contributed by atoms with van der Waals surface area (Å²) in [5.41, 5.74) is -0.0593. The Kier molecular flexibility index (Phi) is 4.85. The number of carbonyl (C=O) groups is 1. The van der Waals surface area contributed by atoms with Crippen LogP contribution in [-0.4, -0.2) is 15.9 Å². The summed E-state index contributed by atoms with van der Waals surface area (Å²) in [4.78, 5) is 20.4. The zero-order chi connectivity index (χ0) is 18.7. The van der Waals surface area contributed by atoms with Crippen molar-refractivity contribution >= 4 is 35.1 Å². The van der Waals surface area contributed by atoms with E-state index in [0.29, 0.717) is 20.0 Å². The van der Waals surface area contributed by atoms with Crippen molar-refractivity contribution in [1.29, 1.82) is 15.8 Å². The summed E-state index contributed by atoms with van der Waals surface area (Å²) in [5, 5.41) is 30.6. The largest absolute Gasteiger partial charge is 0.321 e. The van der Waals surface area contributed by atoms with Gasteiger partial charge in [-0.05, 0) is 24.3 Å². The summed E-state index contributed by atoms with van der Waals surface area (Å²) in [6.45, 7) is 0. The molecule has 2 aromatic rings. The number of rotatable bonds is 2. The fraction of sp³-hybridized carbons (Fsp3) is 0. The van der Waals surface area contributed by atoms with E-state index in [0.717, 1.165) is 23.5 Å². The highest BCUT2D eigenvalue weighted by Crippen LogP contribution is 2.50. The third-order valence-corrected chi connectivity index (χ3v) is 5.43. The maximum Gasteiger partial charge on any atom is 0.268 e. The number of amides is 1. The number of nitrogens with zero attached hydrogens (tertiary/aromatic N) is 5. The Hall–Kier alpha value is -3.39. The van der Waals surface area contributed by atoms with Crippen molar-refractivity contribution in [3.05, 3.63) is 51.3 Å². The Bertz CT molecular complexity index is 1030. The van der Waals surface area contributed by atoms with Crippen LogP contribution in [0.5, 0.6) is 0 Å². The molecule has 124 valence electrons. The molecular formula is C16H5FN6OS2. The molecule has 1 aliphatic rings. The Morgan fingerprint density at radius 2 is 1.54 bits per heavy atom. The Morgan fingerprint density at radius 1 is 1.00 bits per heavy atom. The summed E-state index contributed by atoms with van der Waals surface area (Å²) >= 11 is 2.05. The zero-order valence-corrected chi connectivity index (χ0v) is 14.3. The lowest BCUT2D eigenvalue weighted by atomic mass is 10.2. The van der Waals surface area contributed by atoms with Crippen molar-refractivity contribution in [3.63, 3.8) is 0 Å². The van der Waals surface area contributed by atoms with E-state index >= 15 is 0 Å². The molecule has 0 saturated heterocycles. The average molecular weight is 380 g/mol. The molecule has 0 radical (unpaired) electrons. The highest BCUT2D eigenvalue weighted by molar-refractivity contribution is 8.24. The Balaban J connectivity index is 1.90. The fourth-order valence-corrected chi connectivity index (χ4v) is 4.17. The molecule has 1 aromatic carbocycles. The number of carbonyl (C=O) groups excluding carboxylic acids is 1. The second kappa shape index (κ2) is 7.24. The van der Waals surface area contributed by atoms with E-state index < -0.39 is 11.7 Å². The summed E-state index contributed by atoms with van der Waals surface area (Å²) in [6.07, 6.45) is 0. The lowest BCUT2D eigenvalue weighted by Crippen LogP contribution is -2.14. The zero-order valence-electron chi connectivity index (χ0n) is 12.6. The highest BCUT2D eigenvalue weighted by Gasteiger charge is 2.28. The number of hydrogen-bond donors (Lipinski definition) is 1. The summed E-state index contributed by atoms with van der Waals surface area (Å²) in [7, 11) is 0. The first-order chi connectivity index (χ1) is 12.5. The molecule has 0 fully saturated rings. The second-order valence-electron chi connectivity index (χ2n) is 4.69. The van der Waals surface area contributed by atoms with Crippen LogP contribution in [0.4, 0.5) is 10.1 Å². The van der Waals surface area contributed by atoms with E-state index in [1.54, 1.807) is 12.1 Å². The third-order valence-electron chi connectivity index (χ3n) is 3.07. The minimum Gasteiger partial charge on any atom is -0.321 e. The van der Waals surface area contributed by atoms with E-state index in [4.69, 9.17) is 10.5 Å². The number of fused-ring (bicyclic) bond motifs is 1. The maximum absolute atomic E-state index is 12.9. The SMILES string of the molecule is N#CC(C(=O)Nc1ccc(F)cc1)=C1Sc2nc(C#N)c(C#N)nc2S1. The van der Waals surface area contributed by atoms with Crippen molar-refractivity contribution in [3.8, 4) is 18.2 Å². The summed E-state index contributed by atoms with van der Waals surface area (Å²) < 4.78 is 13.3. The molecular weight excluding hydrogens is 375 g/mol. The van der Waals surface area contributed by atoms with E-state index in [1.165, 1.54) is 24.3 Å². The number of halogens is 1. The van der Waals surface area contributed by atoms with Crippen molar-refractivity contribution in [2.75, 3.05) is 5.32 Å². The average Bonchev–Trinajstić information content (AvgIpc) is 3.05. The van der Waals surface area contributed by atoms with Gasteiger partial charge < -0.3 is 5.32 Å². The molecule has 26 heavy (non-hydrogen) atoms. The molecule has 1 aliphatic heterocycles. The van der Waals surface area contributed by atoms with Crippen LogP contribution in [0, 0.1) is 39.8 Å². The summed E-state index contributed by atoms with van der Waals surface area (Å²) in [5.74, 6) is -1.11. The lowest BCUT2D eigenvalue weighted by molar-refractivity contribution is -0.112. The molecule has 10 heteroatoms. The van der Waals surface area contributed by atoms with Gasteiger partial charge in [-0.25, -0.2) is 14.4 Å². The van der Waals surface area contributed by atoms with Gasteiger partial charge in [0.2, 0.25) is 0 Å². The molecule has 0 unspecified atom stereocenters. The number of nitriles is 3. The van der Waals surface area contributed by atoms with Gasteiger partial charge in [0.05, 0.1) is 4.24 Å². The molecule has 7 nitrogen and oxygen atoms in total. The number of hydrogen-bond acceptors (Lipinski definition) is 8. The van der Waals surface area contributed by atoms with Crippen molar-refractivity contribution < 1.29 is 9.18 Å².